The van der Waals surface area contributed by atoms with Crippen molar-refractivity contribution in [2.75, 3.05) is 5.73 Å². The van der Waals surface area contributed by atoms with Crippen LogP contribution in [0.1, 0.15) is 4.88 Å². The Bertz CT molecular complexity index is 524. The van der Waals surface area contributed by atoms with Crippen molar-refractivity contribution in [3.8, 4) is 0 Å². The van der Waals surface area contributed by atoms with Gasteiger partial charge in [0.15, 0.2) is 0 Å². The van der Waals surface area contributed by atoms with Crippen molar-refractivity contribution >= 4 is 43.8 Å². The third-order valence-corrected chi connectivity index (χ3v) is 5.25. The Hall–Kier alpha value is -0.650. The average molecular weight is 316 g/mol. The number of thiophene rings is 1. The first-order valence-electron chi connectivity index (χ1n) is 4.62. The lowest BCUT2D eigenvalue weighted by atomic mass is 10.3. The highest BCUT2D eigenvalue weighted by Crippen LogP contribution is 2.23. The van der Waals surface area contributed by atoms with Crippen LogP contribution in [0, 0.1) is 0 Å². The van der Waals surface area contributed by atoms with E-state index in [9.17, 15) is 4.21 Å². The lowest BCUT2D eigenvalue weighted by Crippen LogP contribution is -1.95. The maximum Gasteiger partial charge on any atom is 0.0626 e. The second-order valence-corrected chi connectivity index (χ2v) is 6.66. The zero-order chi connectivity index (χ0) is 11.5. The molecule has 0 saturated carbocycles. The molecule has 1 heterocycles. The van der Waals surface area contributed by atoms with E-state index >= 15 is 0 Å². The number of hydrogen-bond donors (Lipinski definition) is 1. The van der Waals surface area contributed by atoms with Gasteiger partial charge in [-0.3, -0.25) is 4.21 Å². The zero-order valence-electron chi connectivity index (χ0n) is 8.35. The minimum atomic E-state index is -1.02. The average Bonchev–Trinajstić information content (AvgIpc) is 2.64. The lowest BCUT2D eigenvalue weighted by Gasteiger charge is -2.01. The first-order chi connectivity index (χ1) is 7.65. The Balaban J connectivity index is 2.14. The fourth-order valence-electron chi connectivity index (χ4n) is 1.30. The second-order valence-electron chi connectivity index (χ2n) is 3.29. The lowest BCUT2D eigenvalue weighted by molar-refractivity contribution is 0.683. The number of nitrogens with two attached hydrogens (primary N) is 1. The van der Waals surface area contributed by atoms with Crippen LogP contribution in [-0.2, 0) is 16.6 Å². The fraction of sp³-hybridized carbons (Fsp3) is 0.0909. The molecule has 0 spiro atoms. The summed E-state index contributed by atoms with van der Waals surface area (Å²) in [5.74, 6) is 0.541. The van der Waals surface area contributed by atoms with Crippen LogP contribution in [0.5, 0.6) is 0 Å². The second kappa shape index (κ2) is 5.12. The number of rotatable bonds is 3. The van der Waals surface area contributed by atoms with Crippen molar-refractivity contribution < 1.29 is 4.21 Å². The van der Waals surface area contributed by atoms with E-state index < -0.39 is 10.8 Å². The highest BCUT2D eigenvalue weighted by Gasteiger charge is 2.07. The predicted octanol–water partition coefficient (Wildman–Crippen LogP) is 3.40. The molecule has 5 heteroatoms. The first kappa shape index (κ1) is 11.8. The highest BCUT2D eigenvalue weighted by atomic mass is 79.9. The third-order valence-electron chi connectivity index (χ3n) is 2.02. The van der Waals surface area contributed by atoms with Gasteiger partial charge < -0.3 is 5.73 Å². The van der Waals surface area contributed by atoms with Gasteiger partial charge in [-0.2, -0.15) is 0 Å². The van der Waals surface area contributed by atoms with E-state index in [1.165, 1.54) is 0 Å². The largest absolute Gasteiger partial charge is 0.399 e. The molecule has 0 amide bonds. The molecule has 2 rings (SSSR count). The van der Waals surface area contributed by atoms with Gasteiger partial charge in [0.1, 0.15) is 0 Å². The van der Waals surface area contributed by atoms with E-state index in [0.717, 1.165) is 14.2 Å². The minimum Gasteiger partial charge on any atom is -0.399 e. The van der Waals surface area contributed by atoms with Crippen LogP contribution >= 0.6 is 27.3 Å². The maximum atomic E-state index is 12.0. The molecule has 2 nitrogen and oxygen atoms in total. The predicted molar refractivity (Wildman–Crippen MR) is 73.0 cm³/mol. The van der Waals surface area contributed by atoms with Gasteiger partial charge in [0, 0.05) is 25.3 Å². The van der Waals surface area contributed by atoms with E-state index in [1.807, 2.05) is 23.6 Å². The molecular formula is C11H10BrNOS2. The van der Waals surface area contributed by atoms with Crippen LogP contribution in [0.4, 0.5) is 5.69 Å². The summed E-state index contributed by atoms with van der Waals surface area (Å²) in [6.45, 7) is 0. The minimum absolute atomic E-state index is 0.541. The number of halogens is 1. The summed E-state index contributed by atoms with van der Waals surface area (Å²) >= 11 is 4.99. The van der Waals surface area contributed by atoms with Crippen LogP contribution in [0.2, 0.25) is 0 Å². The van der Waals surface area contributed by atoms with Gasteiger partial charge in [-0.25, -0.2) is 0 Å². The molecule has 0 saturated heterocycles. The van der Waals surface area contributed by atoms with Crippen molar-refractivity contribution in [2.24, 2.45) is 0 Å². The highest BCUT2D eigenvalue weighted by molar-refractivity contribution is 9.10. The standard InChI is InChI=1S/C11H10BrNOS2/c12-8-4-10(15-6-8)7-16(14)11-3-1-2-9(13)5-11/h1-6H,7,13H2. The van der Waals surface area contributed by atoms with E-state index in [4.69, 9.17) is 5.73 Å². The Morgan fingerprint density at radius 3 is 2.81 bits per heavy atom. The Morgan fingerprint density at radius 1 is 1.38 bits per heavy atom. The summed E-state index contributed by atoms with van der Waals surface area (Å²) in [7, 11) is -1.02. The summed E-state index contributed by atoms with van der Waals surface area (Å²) in [5, 5.41) is 1.99. The summed E-state index contributed by atoms with van der Waals surface area (Å²) in [6, 6.07) is 9.22. The molecule has 0 fully saturated rings. The van der Waals surface area contributed by atoms with Crippen molar-refractivity contribution in [3.05, 3.63) is 45.1 Å². The van der Waals surface area contributed by atoms with E-state index in [-0.39, 0.29) is 0 Å². The quantitative estimate of drug-likeness (QED) is 0.882. The number of benzene rings is 1. The molecule has 2 aromatic rings. The monoisotopic (exact) mass is 315 g/mol. The normalized spacial score (nSPS) is 12.6. The summed E-state index contributed by atoms with van der Waals surface area (Å²) < 4.78 is 13.1. The molecule has 1 atom stereocenters. The van der Waals surface area contributed by atoms with Crippen LogP contribution < -0.4 is 5.73 Å². The molecule has 0 aliphatic heterocycles. The molecule has 2 N–H and O–H groups in total. The molecule has 1 aromatic heterocycles. The summed E-state index contributed by atoms with van der Waals surface area (Å²) in [5.41, 5.74) is 6.31. The number of hydrogen-bond acceptors (Lipinski definition) is 3. The van der Waals surface area contributed by atoms with Crippen LogP contribution in [0.3, 0.4) is 0 Å². The van der Waals surface area contributed by atoms with Crippen LogP contribution in [-0.4, -0.2) is 4.21 Å². The van der Waals surface area contributed by atoms with E-state index in [1.54, 1.807) is 23.5 Å². The smallest absolute Gasteiger partial charge is 0.0626 e. The van der Waals surface area contributed by atoms with Gasteiger partial charge in [0.05, 0.1) is 16.6 Å². The Morgan fingerprint density at radius 2 is 2.19 bits per heavy atom. The molecule has 16 heavy (non-hydrogen) atoms. The van der Waals surface area contributed by atoms with Crippen molar-refractivity contribution in [1.82, 2.24) is 0 Å². The zero-order valence-corrected chi connectivity index (χ0v) is 11.6. The first-order valence-corrected chi connectivity index (χ1v) is 7.61. The number of nitrogen functional groups attached to an aromatic ring is 1. The molecule has 84 valence electrons. The van der Waals surface area contributed by atoms with Gasteiger partial charge in [-0.1, -0.05) is 6.07 Å². The molecule has 0 aliphatic carbocycles. The van der Waals surface area contributed by atoms with Crippen molar-refractivity contribution in [1.29, 1.82) is 0 Å². The molecule has 1 unspecified atom stereocenters. The number of anilines is 1. The maximum absolute atomic E-state index is 12.0. The molecule has 0 aliphatic rings. The van der Waals surface area contributed by atoms with Gasteiger partial charge >= 0.3 is 0 Å². The Kier molecular flexibility index (Phi) is 3.78. The van der Waals surface area contributed by atoms with Gasteiger partial charge in [-0.15, -0.1) is 11.3 Å². The Labute approximate surface area is 109 Å². The van der Waals surface area contributed by atoms with Crippen LogP contribution in [0.25, 0.3) is 0 Å². The van der Waals surface area contributed by atoms with Crippen molar-refractivity contribution in [2.45, 2.75) is 10.6 Å². The van der Waals surface area contributed by atoms with Gasteiger partial charge in [-0.05, 0) is 40.2 Å². The molecule has 0 radical (unpaired) electrons. The SMILES string of the molecule is Nc1cccc(S(=O)Cc2cc(Br)cs2)c1. The third kappa shape index (κ3) is 2.93. The fourth-order valence-corrected chi connectivity index (χ4v) is 4.13. The molecule has 1 aromatic carbocycles. The molecular weight excluding hydrogens is 306 g/mol. The molecule has 0 bridgehead atoms. The van der Waals surface area contributed by atoms with Gasteiger partial charge in [0.2, 0.25) is 0 Å². The van der Waals surface area contributed by atoms with Crippen molar-refractivity contribution in [3.63, 3.8) is 0 Å². The van der Waals surface area contributed by atoms with E-state index in [0.29, 0.717) is 11.4 Å². The summed E-state index contributed by atoms with van der Waals surface area (Å²) in [4.78, 5) is 1.89. The van der Waals surface area contributed by atoms with Crippen LogP contribution in [0.15, 0.2) is 45.1 Å². The van der Waals surface area contributed by atoms with E-state index in [2.05, 4.69) is 15.9 Å². The summed E-state index contributed by atoms with van der Waals surface area (Å²) in [6.07, 6.45) is 0. The topological polar surface area (TPSA) is 43.1 Å². The van der Waals surface area contributed by atoms with Gasteiger partial charge in [0.25, 0.3) is 0 Å².